The minimum atomic E-state index is 0. The van der Waals surface area contributed by atoms with Gasteiger partial charge in [0.05, 0.1) is 26.5 Å². The second kappa shape index (κ2) is 8.72. The van der Waals surface area contributed by atoms with Crippen molar-refractivity contribution in [2.75, 3.05) is 58.8 Å². The number of benzene rings is 1. The van der Waals surface area contributed by atoms with Gasteiger partial charge < -0.3 is 20.5 Å². The Labute approximate surface area is 160 Å². The highest BCUT2D eigenvalue weighted by Crippen LogP contribution is 2.28. The fourth-order valence-corrected chi connectivity index (χ4v) is 3.19. The van der Waals surface area contributed by atoms with E-state index < -0.39 is 0 Å². The number of ether oxygens (including phenoxy) is 2. The molecule has 3 saturated heterocycles. The van der Waals surface area contributed by atoms with E-state index in [-0.39, 0.29) is 24.0 Å². The summed E-state index contributed by atoms with van der Waals surface area (Å²) in [7, 11) is 3.26. The van der Waals surface area contributed by atoms with Crippen LogP contribution in [0.5, 0.6) is 11.5 Å². The molecule has 3 aliphatic heterocycles. The molecular formula is C16H26IN5O2. The van der Waals surface area contributed by atoms with Crippen molar-refractivity contribution in [1.82, 2.24) is 9.80 Å². The highest BCUT2D eigenvalue weighted by Gasteiger charge is 2.31. The Hall–Kier alpha value is -1.26. The monoisotopic (exact) mass is 447 g/mol. The Kier molecular flexibility index (Phi) is 6.93. The number of aliphatic imine (C=N–C) groups is 1. The van der Waals surface area contributed by atoms with E-state index in [0.717, 1.165) is 31.1 Å². The molecule has 3 heterocycles. The van der Waals surface area contributed by atoms with Gasteiger partial charge in [-0.15, -0.1) is 24.0 Å². The lowest BCUT2D eigenvalue weighted by molar-refractivity contribution is 0.0174. The third-order valence-corrected chi connectivity index (χ3v) is 4.53. The number of nitrogens with one attached hydrogen (secondary N) is 1. The molecule has 0 saturated carbocycles. The highest BCUT2D eigenvalue weighted by molar-refractivity contribution is 14.0. The molecule has 7 nitrogen and oxygen atoms in total. The summed E-state index contributed by atoms with van der Waals surface area (Å²) in [6.45, 7) is 6.42. The molecule has 3 N–H and O–H groups in total. The van der Waals surface area contributed by atoms with Crippen molar-refractivity contribution < 1.29 is 9.47 Å². The quantitative estimate of drug-likeness (QED) is 0.400. The molecule has 2 bridgehead atoms. The van der Waals surface area contributed by atoms with Crippen LogP contribution in [0.4, 0.5) is 5.69 Å². The molecular weight excluding hydrogens is 421 g/mol. The first-order chi connectivity index (χ1) is 11.2. The average Bonchev–Trinajstić information content (AvgIpc) is 2.61. The van der Waals surface area contributed by atoms with Crippen molar-refractivity contribution in [3.8, 4) is 11.5 Å². The Balaban J connectivity index is 0.00000208. The van der Waals surface area contributed by atoms with Gasteiger partial charge in [-0.1, -0.05) is 0 Å². The Morgan fingerprint density at radius 2 is 2.00 bits per heavy atom. The van der Waals surface area contributed by atoms with Crippen molar-refractivity contribution in [3.05, 3.63) is 18.2 Å². The van der Waals surface area contributed by atoms with Crippen LogP contribution in [0.3, 0.4) is 0 Å². The molecule has 1 unspecified atom stereocenters. The van der Waals surface area contributed by atoms with Crippen LogP contribution in [-0.4, -0.2) is 75.3 Å². The molecule has 0 radical (unpaired) electrons. The standard InChI is InChI=1S/C16H25N5O2.HI/c1-22-13-3-4-15(23-2)14(9-13)19-16(17)18-10-12-11-20-5-7-21(12)8-6-20;/h3-4,9,12H,5-8,10-11H2,1-2H3,(H3,17,18,19);1H. The fourth-order valence-electron chi connectivity index (χ4n) is 3.19. The molecule has 3 aliphatic rings. The molecule has 0 spiro atoms. The van der Waals surface area contributed by atoms with Crippen LogP contribution < -0.4 is 20.5 Å². The van der Waals surface area contributed by atoms with Gasteiger partial charge in [0.1, 0.15) is 11.5 Å². The molecule has 8 heteroatoms. The number of halogens is 1. The van der Waals surface area contributed by atoms with E-state index in [9.17, 15) is 0 Å². The topological polar surface area (TPSA) is 75.3 Å². The van der Waals surface area contributed by atoms with Gasteiger partial charge in [0, 0.05) is 44.8 Å². The highest BCUT2D eigenvalue weighted by atomic mass is 127. The van der Waals surface area contributed by atoms with Crippen LogP contribution in [0.25, 0.3) is 0 Å². The molecule has 24 heavy (non-hydrogen) atoms. The van der Waals surface area contributed by atoms with Gasteiger partial charge >= 0.3 is 0 Å². The van der Waals surface area contributed by atoms with E-state index in [1.807, 2.05) is 18.2 Å². The minimum absolute atomic E-state index is 0. The molecule has 1 atom stereocenters. The Bertz CT molecular complexity index is 576. The van der Waals surface area contributed by atoms with Crippen molar-refractivity contribution in [2.45, 2.75) is 6.04 Å². The number of guanidine groups is 1. The summed E-state index contributed by atoms with van der Waals surface area (Å²) in [6.07, 6.45) is 0. The predicted molar refractivity (Wildman–Crippen MR) is 107 cm³/mol. The summed E-state index contributed by atoms with van der Waals surface area (Å²) in [4.78, 5) is 9.51. The lowest BCUT2D eigenvalue weighted by Crippen LogP contribution is -2.61. The SMILES string of the molecule is COc1ccc(OC)c(NC(N)=NCC2CN3CCN2CC3)c1.I. The van der Waals surface area contributed by atoms with E-state index in [1.54, 1.807) is 14.2 Å². The van der Waals surface area contributed by atoms with Gasteiger partial charge in [0.2, 0.25) is 0 Å². The summed E-state index contributed by atoms with van der Waals surface area (Å²) < 4.78 is 10.6. The number of hydrogen-bond donors (Lipinski definition) is 2. The van der Waals surface area contributed by atoms with E-state index in [4.69, 9.17) is 15.2 Å². The summed E-state index contributed by atoms with van der Waals surface area (Å²) in [5.41, 5.74) is 6.80. The Morgan fingerprint density at radius 3 is 2.58 bits per heavy atom. The summed E-state index contributed by atoms with van der Waals surface area (Å²) >= 11 is 0. The van der Waals surface area contributed by atoms with Crippen LogP contribution in [0.1, 0.15) is 0 Å². The van der Waals surface area contributed by atoms with Gasteiger partial charge in [-0.05, 0) is 12.1 Å². The first kappa shape index (κ1) is 19.1. The number of hydrogen-bond acceptors (Lipinski definition) is 5. The molecule has 0 aromatic heterocycles. The zero-order valence-corrected chi connectivity index (χ0v) is 16.5. The second-order valence-electron chi connectivity index (χ2n) is 5.91. The zero-order valence-electron chi connectivity index (χ0n) is 14.2. The summed E-state index contributed by atoms with van der Waals surface area (Å²) in [6, 6.07) is 6.00. The number of anilines is 1. The number of piperazine rings is 3. The van der Waals surface area contributed by atoms with Gasteiger partial charge in [-0.25, -0.2) is 0 Å². The average molecular weight is 447 g/mol. The second-order valence-corrected chi connectivity index (χ2v) is 5.91. The first-order valence-electron chi connectivity index (χ1n) is 7.95. The third-order valence-electron chi connectivity index (χ3n) is 4.53. The lowest BCUT2D eigenvalue weighted by atomic mass is 10.1. The van der Waals surface area contributed by atoms with Crippen molar-refractivity contribution in [1.29, 1.82) is 0 Å². The minimum Gasteiger partial charge on any atom is -0.497 e. The van der Waals surface area contributed by atoms with E-state index in [0.29, 0.717) is 24.3 Å². The third kappa shape index (κ3) is 4.42. The fraction of sp³-hybridized carbons (Fsp3) is 0.562. The lowest BCUT2D eigenvalue weighted by Gasteiger charge is -2.47. The van der Waals surface area contributed by atoms with Gasteiger partial charge in [0.25, 0.3) is 0 Å². The number of rotatable bonds is 5. The van der Waals surface area contributed by atoms with Crippen LogP contribution in [0.2, 0.25) is 0 Å². The van der Waals surface area contributed by atoms with Crippen LogP contribution in [-0.2, 0) is 0 Å². The van der Waals surface area contributed by atoms with Crippen molar-refractivity contribution in [2.24, 2.45) is 10.7 Å². The number of methoxy groups -OCH3 is 2. The molecule has 1 aromatic carbocycles. The van der Waals surface area contributed by atoms with E-state index >= 15 is 0 Å². The molecule has 0 amide bonds. The van der Waals surface area contributed by atoms with Crippen LogP contribution in [0, 0.1) is 0 Å². The van der Waals surface area contributed by atoms with E-state index in [1.165, 1.54) is 13.1 Å². The maximum atomic E-state index is 6.05. The van der Waals surface area contributed by atoms with Crippen LogP contribution in [0.15, 0.2) is 23.2 Å². The molecule has 0 aliphatic carbocycles. The zero-order chi connectivity index (χ0) is 16.2. The molecule has 3 fully saturated rings. The normalized spacial score (nSPS) is 25.8. The van der Waals surface area contributed by atoms with Crippen molar-refractivity contribution in [3.63, 3.8) is 0 Å². The molecule has 1 aromatic rings. The number of nitrogens with zero attached hydrogens (tertiary/aromatic N) is 3. The van der Waals surface area contributed by atoms with Crippen molar-refractivity contribution >= 4 is 35.6 Å². The van der Waals surface area contributed by atoms with Gasteiger partial charge in [-0.2, -0.15) is 0 Å². The Morgan fingerprint density at radius 1 is 1.25 bits per heavy atom. The predicted octanol–water partition coefficient (Wildman–Crippen LogP) is 1.05. The largest absolute Gasteiger partial charge is 0.497 e. The smallest absolute Gasteiger partial charge is 0.193 e. The number of nitrogens with two attached hydrogens (primary N) is 1. The maximum Gasteiger partial charge on any atom is 0.193 e. The summed E-state index contributed by atoms with van der Waals surface area (Å²) in [5, 5.41) is 3.11. The van der Waals surface area contributed by atoms with E-state index in [2.05, 4.69) is 20.1 Å². The number of fused-ring (bicyclic) bond motifs is 3. The summed E-state index contributed by atoms with van der Waals surface area (Å²) in [5.74, 6) is 1.84. The molecule has 4 rings (SSSR count). The van der Waals surface area contributed by atoms with Crippen LogP contribution >= 0.6 is 24.0 Å². The van der Waals surface area contributed by atoms with Gasteiger partial charge in [0.15, 0.2) is 5.96 Å². The first-order valence-corrected chi connectivity index (χ1v) is 7.95. The van der Waals surface area contributed by atoms with Gasteiger partial charge in [-0.3, -0.25) is 14.8 Å². The molecule has 134 valence electrons. The maximum absolute atomic E-state index is 6.05.